The monoisotopic (exact) mass is 315 g/mol. The quantitative estimate of drug-likeness (QED) is 0.907. The second-order valence-corrected chi connectivity index (χ2v) is 6.13. The summed E-state index contributed by atoms with van der Waals surface area (Å²) in [6.45, 7) is 6.32. The Morgan fingerprint density at radius 1 is 1.35 bits per heavy atom. The summed E-state index contributed by atoms with van der Waals surface area (Å²) in [5.41, 5.74) is 2.09. The Hall–Kier alpha value is -2.15. The van der Waals surface area contributed by atoms with E-state index in [4.69, 9.17) is 4.74 Å². The van der Waals surface area contributed by atoms with Crippen LogP contribution in [0, 0.1) is 5.92 Å². The van der Waals surface area contributed by atoms with E-state index in [9.17, 15) is 4.79 Å². The average Bonchev–Trinajstić information content (AvgIpc) is 2.98. The number of ether oxygens (including phenoxy) is 1. The molecule has 0 saturated carbocycles. The summed E-state index contributed by atoms with van der Waals surface area (Å²) in [7, 11) is 0. The van der Waals surface area contributed by atoms with Crippen LogP contribution in [0.5, 0.6) is 0 Å². The molecule has 122 valence electrons. The highest BCUT2D eigenvalue weighted by molar-refractivity contribution is 5.92. The molecule has 2 saturated heterocycles. The van der Waals surface area contributed by atoms with Crippen molar-refractivity contribution in [1.29, 1.82) is 0 Å². The number of amides is 1. The Morgan fingerprint density at radius 2 is 2.13 bits per heavy atom. The first-order valence-corrected chi connectivity index (χ1v) is 8.20. The zero-order valence-electron chi connectivity index (χ0n) is 13.3. The molecule has 0 bridgehead atoms. The molecule has 0 radical (unpaired) electrons. The zero-order valence-corrected chi connectivity index (χ0v) is 13.3. The molecule has 2 fully saturated rings. The molecule has 2 aliphatic rings. The molecule has 2 aromatic rings. The van der Waals surface area contributed by atoms with Gasteiger partial charge in [-0.15, -0.1) is 0 Å². The summed E-state index contributed by atoms with van der Waals surface area (Å²) in [4.78, 5) is 28.6. The van der Waals surface area contributed by atoms with Crippen LogP contribution < -0.4 is 4.90 Å². The number of carbonyl (C=O) groups excluding carboxylic acids is 1. The van der Waals surface area contributed by atoms with E-state index in [0.717, 1.165) is 36.4 Å². The van der Waals surface area contributed by atoms with Crippen LogP contribution >= 0.6 is 0 Å². The predicted molar refractivity (Wildman–Crippen MR) is 86.4 cm³/mol. The van der Waals surface area contributed by atoms with Gasteiger partial charge in [-0.05, 0) is 12.0 Å². The van der Waals surface area contributed by atoms with Gasteiger partial charge in [-0.25, -0.2) is 9.97 Å². The molecule has 0 unspecified atom stereocenters. The highest BCUT2D eigenvalue weighted by atomic mass is 16.5. The predicted octanol–water partition coefficient (Wildman–Crippen LogP) is 0.815. The molecule has 4 rings (SSSR count). The van der Waals surface area contributed by atoms with E-state index in [1.54, 1.807) is 6.33 Å². The van der Waals surface area contributed by atoms with Crippen LogP contribution in [0.2, 0.25) is 0 Å². The second kappa shape index (κ2) is 5.81. The number of rotatable bonds is 3. The molecule has 2 aliphatic heterocycles. The van der Waals surface area contributed by atoms with Gasteiger partial charge in [-0.2, -0.15) is 0 Å². The van der Waals surface area contributed by atoms with Crippen LogP contribution in [-0.2, 0) is 16.0 Å². The number of fused-ring (bicyclic) bond motifs is 1. The number of hydrogen-bond acceptors (Lipinski definition) is 5. The summed E-state index contributed by atoms with van der Waals surface area (Å²) in [5.74, 6) is 1.26. The lowest BCUT2D eigenvalue weighted by molar-refractivity contribution is -0.140. The third kappa shape index (κ3) is 2.45. The van der Waals surface area contributed by atoms with Gasteiger partial charge in [-0.3, -0.25) is 4.79 Å². The standard InChI is InChI=1S/C16H21N5O2/c1-2-11-7-17-14-13(11)15(19-10-18-14)21-8-12(9-21)16(22)20-3-5-23-6-4-20/h7,10,12H,2-6,8-9H2,1H3,(H,17,18,19). The fourth-order valence-corrected chi connectivity index (χ4v) is 3.38. The van der Waals surface area contributed by atoms with Gasteiger partial charge in [0.1, 0.15) is 17.8 Å². The van der Waals surface area contributed by atoms with Crippen LogP contribution in [0.25, 0.3) is 11.0 Å². The van der Waals surface area contributed by atoms with Crippen LogP contribution in [-0.4, -0.2) is 65.2 Å². The molecular weight excluding hydrogens is 294 g/mol. The Kier molecular flexibility index (Phi) is 3.65. The van der Waals surface area contributed by atoms with Gasteiger partial charge in [0, 0.05) is 32.4 Å². The lowest BCUT2D eigenvalue weighted by Crippen LogP contribution is -2.56. The molecule has 1 amide bonds. The summed E-state index contributed by atoms with van der Waals surface area (Å²) < 4.78 is 5.31. The van der Waals surface area contributed by atoms with Crippen molar-refractivity contribution in [3.63, 3.8) is 0 Å². The molecule has 2 aromatic heterocycles. The van der Waals surface area contributed by atoms with Crippen molar-refractivity contribution in [1.82, 2.24) is 19.9 Å². The van der Waals surface area contributed by atoms with E-state index in [2.05, 4.69) is 26.8 Å². The summed E-state index contributed by atoms with van der Waals surface area (Å²) in [6.07, 6.45) is 4.52. The molecular formula is C16H21N5O2. The second-order valence-electron chi connectivity index (χ2n) is 6.13. The molecule has 7 nitrogen and oxygen atoms in total. The average molecular weight is 315 g/mol. The largest absolute Gasteiger partial charge is 0.378 e. The van der Waals surface area contributed by atoms with E-state index in [0.29, 0.717) is 26.3 Å². The van der Waals surface area contributed by atoms with Crippen molar-refractivity contribution >= 4 is 22.8 Å². The van der Waals surface area contributed by atoms with Crippen molar-refractivity contribution < 1.29 is 9.53 Å². The minimum Gasteiger partial charge on any atom is -0.378 e. The fourth-order valence-electron chi connectivity index (χ4n) is 3.38. The molecule has 23 heavy (non-hydrogen) atoms. The third-order valence-corrected chi connectivity index (χ3v) is 4.77. The Morgan fingerprint density at radius 3 is 2.87 bits per heavy atom. The van der Waals surface area contributed by atoms with Crippen molar-refractivity contribution in [3.05, 3.63) is 18.1 Å². The maximum Gasteiger partial charge on any atom is 0.229 e. The Balaban J connectivity index is 1.49. The van der Waals surface area contributed by atoms with Crippen molar-refractivity contribution in [2.45, 2.75) is 13.3 Å². The van der Waals surface area contributed by atoms with E-state index >= 15 is 0 Å². The minimum atomic E-state index is 0.0714. The fraction of sp³-hybridized carbons (Fsp3) is 0.562. The van der Waals surface area contributed by atoms with Gasteiger partial charge in [-0.1, -0.05) is 6.92 Å². The molecule has 0 spiro atoms. The molecule has 7 heteroatoms. The van der Waals surface area contributed by atoms with Crippen LogP contribution in [0.4, 0.5) is 5.82 Å². The van der Waals surface area contributed by atoms with E-state index < -0.39 is 0 Å². The number of nitrogens with zero attached hydrogens (tertiary/aromatic N) is 4. The minimum absolute atomic E-state index is 0.0714. The van der Waals surface area contributed by atoms with E-state index in [1.165, 1.54) is 5.56 Å². The van der Waals surface area contributed by atoms with Gasteiger partial charge >= 0.3 is 0 Å². The molecule has 4 heterocycles. The van der Waals surface area contributed by atoms with Crippen molar-refractivity contribution in [2.75, 3.05) is 44.3 Å². The smallest absolute Gasteiger partial charge is 0.229 e. The first-order valence-electron chi connectivity index (χ1n) is 8.20. The third-order valence-electron chi connectivity index (χ3n) is 4.77. The zero-order chi connectivity index (χ0) is 15.8. The normalized spacial score (nSPS) is 19.2. The number of H-pyrrole nitrogens is 1. The number of nitrogens with one attached hydrogen (secondary N) is 1. The number of aromatic amines is 1. The van der Waals surface area contributed by atoms with Gasteiger partial charge in [0.25, 0.3) is 0 Å². The first-order chi connectivity index (χ1) is 11.3. The number of carbonyl (C=O) groups is 1. The number of morpholine rings is 1. The van der Waals surface area contributed by atoms with E-state index in [-0.39, 0.29) is 11.8 Å². The maximum atomic E-state index is 12.5. The Bertz CT molecular complexity index is 716. The molecule has 0 atom stereocenters. The molecule has 1 N–H and O–H groups in total. The van der Waals surface area contributed by atoms with Crippen LogP contribution in [0.15, 0.2) is 12.5 Å². The maximum absolute atomic E-state index is 12.5. The van der Waals surface area contributed by atoms with Crippen molar-refractivity contribution in [3.8, 4) is 0 Å². The highest BCUT2D eigenvalue weighted by Gasteiger charge is 2.37. The SMILES string of the molecule is CCc1c[nH]c2ncnc(N3CC(C(=O)N4CCOCC4)C3)c12. The van der Waals surface area contributed by atoms with Gasteiger partial charge in [0.05, 0.1) is 24.5 Å². The Labute approximate surface area is 134 Å². The van der Waals surface area contributed by atoms with Crippen molar-refractivity contribution in [2.24, 2.45) is 5.92 Å². The number of aryl methyl sites for hydroxylation is 1. The van der Waals surface area contributed by atoms with Gasteiger partial charge in [0.2, 0.25) is 5.91 Å². The number of anilines is 1. The van der Waals surface area contributed by atoms with Gasteiger partial charge in [0.15, 0.2) is 0 Å². The lowest BCUT2D eigenvalue weighted by atomic mass is 9.97. The van der Waals surface area contributed by atoms with Gasteiger partial charge < -0.3 is 19.5 Å². The topological polar surface area (TPSA) is 74.4 Å². The lowest BCUT2D eigenvalue weighted by Gasteiger charge is -2.42. The van der Waals surface area contributed by atoms with Crippen LogP contribution in [0.1, 0.15) is 12.5 Å². The highest BCUT2D eigenvalue weighted by Crippen LogP contribution is 2.32. The molecule has 0 aromatic carbocycles. The summed E-state index contributed by atoms with van der Waals surface area (Å²) in [6, 6.07) is 0. The first kappa shape index (κ1) is 14.4. The molecule has 0 aliphatic carbocycles. The van der Waals surface area contributed by atoms with E-state index in [1.807, 2.05) is 11.1 Å². The summed E-state index contributed by atoms with van der Waals surface area (Å²) in [5, 5.41) is 1.09. The number of aromatic nitrogens is 3. The summed E-state index contributed by atoms with van der Waals surface area (Å²) >= 11 is 0. The number of hydrogen-bond donors (Lipinski definition) is 1. The van der Waals surface area contributed by atoms with Crippen LogP contribution in [0.3, 0.4) is 0 Å².